The number of aryl methyl sites for hydroxylation is 1. The third-order valence-corrected chi connectivity index (χ3v) is 7.22. The number of hydrogen-bond donors (Lipinski definition) is 1. The van der Waals surface area contributed by atoms with Crippen molar-refractivity contribution in [3.63, 3.8) is 0 Å². The third kappa shape index (κ3) is 6.47. The van der Waals surface area contributed by atoms with Crippen LogP contribution in [0.2, 0.25) is 0 Å². The topological polar surface area (TPSA) is 73.5 Å². The number of hydrogen-bond acceptors (Lipinski definition) is 5. The van der Waals surface area contributed by atoms with Gasteiger partial charge in [0.05, 0.1) is 11.2 Å². The van der Waals surface area contributed by atoms with Crippen LogP contribution in [-0.4, -0.2) is 37.4 Å². The molecule has 7 heteroatoms. The van der Waals surface area contributed by atoms with Crippen molar-refractivity contribution in [1.29, 1.82) is 0 Å². The minimum absolute atomic E-state index is 0.160. The lowest BCUT2D eigenvalue weighted by Crippen LogP contribution is -2.27. The summed E-state index contributed by atoms with van der Waals surface area (Å²) in [6.45, 7) is 13.9. The highest BCUT2D eigenvalue weighted by Gasteiger charge is 2.28. The molecule has 0 fully saturated rings. The van der Waals surface area contributed by atoms with Gasteiger partial charge in [-0.05, 0) is 93.5 Å². The number of allylic oxidation sites excluding steroid dienone is 1. The molecule has 1 N–H and O–H groups in total. The van der Waals surface area contributed by atoms with E-state index in [1.165, 1.54) is 5.56 Å². The van der Waals surface area contributed by atoms with E-state index in [1.807, 2.05) is 46.0 Å². The summed E-state index contributed by atoms with van der Waals surface area (Å²) in [5.41, 5.74) is 7.24. The van der Waals surface area contributed by atoms with E-state index in [-0.39, 0.29) is 5.92 Å². The number of carbonyl (C=O) groups is 1. The van der Waals surface area contributed by atoms with Crippen LogP contribution >= 0.6 is 0 Å². The smallest absolute Gasteiger partial charge is 0.419 e. The Morgan fingerprint density at radius 3 is 2.62 bits per heavy atom. The second kappa shape index (κ2) is 12.3. The van der Waals surface area contributed by atoms with E-state index in [0.717, 1.165) is 70.4 Å². The molecular formula is C35H41N5O2. The summed E-state index contributed by atoms with van der Waals surface area (Å²) in [5, 5.41) is 8.95. The molecule has 0 aliphatic carbocycles. The van der Waals surface area contributed by atoms with Gasteiger partial charge < -0.3 is 10.1 Å². The molecule has 5 aromatic rings. The van der Waals surface area contributed by atoms with Crippen molar-refractivity contribution in [3.05, 3.63) is 95.5 Å². The van der Waals surface area contributed by atoms with Gasteiger partial charge in [0.1, 0.15) is 11.9 Å². The van der Waals surface area contributed by atoms with Gasteiger partial charge in [0.15, 0.2) is 5.65 Å². The number of pyridine rings is 1. The normalized spacial score (nSPS) is 12.3. The Hall–Kier alpha value is -4.23. The number of rotatable bonds is 9. The highest BCUT2D eigenvalue weighted by molar-refractivity contribution is 6.00. The van der Waals surface area contributed by atoms with Gasteiger partial charge in [-0.2, -0.15) is 5.10 Å². The van der Waals surface area contributed by atoms with Crippen molar-refractivity contribution < 1.29 is 9.53 Å². The quantitative estimate of drug-likeness (QED) is 0.183. The molecule has 0 unspecified atom stereocenters. The molecule has 0 saturated carbocycles. The van der Waals surface area contributed by atoms with E-state index < -0.39 is 11.7 Å². The van der Waals surface area contributed by atoms with E-state index in [2.05, 4.69) is 83.9 Å². The maximum absolute atomic E-state index is 13.8. The number of benzene rings is 2. The molecule has 0 atom stereocenters. The average Bonchev–Trinajstić information content (AvgIpc) is 3.55. The summed E-state index contributed by atoms with van der Waals surface area (Å²) in [4.78, 5) is 18.1. The highest BCUT2D eigenvalue weighted by Crippen LogP contribution is 2.40. The second-order valence-corrected chi connectivity index (χ2v) is 12.2. The fourth-order valence-electron chi connectivity index (χ4n) is 5.42. The van der Waals surface area contributed by atoms with E-state index in [4.69, 9.17) is 4.74 Å². The zero-order chi connectivity index (χ0) is 29.9. The number of aromatic nitrogens is 4. The van der Waals surface area contributed by atoms with Crippen LogP contribution in [0.4, 0.5) is 4.79 Å². The van der Waals surface area contributed by atoms with E-state index in [9.17, 15) is 4.79 Å². The van der Waals surface area contributed by atoms with Gasteiger partial charge in [-0.1, -0.05) is 62.4 Å². The summed E-state index contributed by atoms with van der Waals surface area (Å²) in [5.74, 6) is 0.160. The lowest BCUT2D eigenvalue weighted by atomic mass is 9.95. The molecule has 0 aliphatic rings. The first-order valence-electron chi connectivity index (χ1n) is 14.8. The molecule has 0 radical (unpaired) electrons. The molecule has 0 amide bonds. The lowest BCUT2D eigenvalue weighted by Gasteiger charge is -2.21. The van der Waals surface area contributed by atoms with Gasteiger partial charge in [0, 0.05) is 23.7 Å². The number of nitrogens with zero attached hydrogens (tertiary/aromatic N) is 4. The Morgan fingerprint density at radius 2 is 1.88 bits per heavy atom. The molecular weight excluding hydrogens is 522 g/mol. The summed E-state index contributed by atoms with van der Waals surface area (Å²) < 4.78 is 9.44. The Kier molecular flexibility index (Phi) is 8.59. The maximum atomic E-state index is 13.8. The Balaban J connectivity index is 1.47. The molecule has 3 aromatic heterocycles. The summed E-state index contributed by atoms with van der Waals surface area (Å²) >= 11 is 0. The van der Waals surface area contributed by atoms with Gasteiger partial charge in [-0.25, -0.2) is 18.9 Å². The van der Waals surface area contributed by atoms with Crippen molar-refractivity contribution in [2.45, 2.75) is 72.4 Å². The molecule has 42 heavy (non-hydrogen) atoms. The Labute approximate surface area is 248 Å². The van der Waals surface area contributed by atoms with Crippen molar-refractivity contribution in [1.82, 2.24) is 24.5 Å². The summed E-state index contributed by atoms with van der Waals surface area (Å²) in [6, 6.07) is 18.9. The molecule has 0 saturated heterocycles. The standard InChI is InChI=1S/C35H41N5O2/c1-24(2)31-29-20-26(13-11-8-12-18-36-21-27-14-9-7-10-15-27)16-17-30(29)40(34(41)42-35(4,5)6)32(31)28-19-25(3)33-37-23-38-39(33)22-28/h7,9-11,13-17,19-20,22-24,36H,8,12,18,21H2,1-6H3. The SMILES string of the molecule is Cc1cc(-c2c(C(C)C)c3cc(C=CCCCNCc4ccccc4)ccc3n2C(=O)OC(C)(C)C)cn2ncnc12. The van der Waals surface area contributed by atoms with Crippen LogP contribution in [0, 0.1) is 6.92 Å². The minimum atomic E-state index is -0.632. The minimum Gasteiger partial charge on any atom is -0.443 e. The Bertz CT molecular complexity index is 1720. The lowest BCUT2D eigenvalue weighted by molar-refractivity contribution is 0.0547. The van der Waals surface area contributed by atoms with Gasteiger partial charge in [-0.15, -0.1) is 0 Å². The molecule has 5 rings (SSSR count). The van der Waals surface area contributed by atoms with Crippen molar-refractivity contribution in [3.8, 4) is 11.3 Å². The predicted molar refractivity (Wildman–Crippen MR) is 171 cm³/mol. The van der Waals surface area contributed by atoms with Crippen molar-refractivity contribution >= 4 is 28.7 Å². The molecule has 0 aliphatic heterocycles. The van der Waals surface area contributed by atoms with Crippen molar-refractivity contribution in [2.24, 2.45) is 0 Å². The number of fused-ring (bicyclic) bond motifs is 2. The fourth-order valence-corrected chi connectivity index (χ4v) is 5.42. The predicted octanol–water partition coefficient (Wildman–Crippen LogP) is 8.15. The molecule has 2 aromatic carbocycles. The van der Waals surface area contributed by atoms with Crippen LogP contribution in [0.25, 0.3) is 33.9 Å². The summed E-state index contributed by atoms with van der Waals surface area (Å²) in [7, 11) is 0. The maximum Gasteiger partial charge on any atom is 0.419 e. The zero-order valence-corrected chi connectivity index (χ0v) is 25.5. The van der Waals surface area contributed by atoms with Gasteiger partial charge in [0.25, 0.3) is 0 Å². The average molecular weight is 564 g/mol. The van der Waals surface area contributed by atoms with Crippen LogP contribution in [0.1, 0.15) is 75.6 Å². The van der Waals surface area contributed by atoms with E-state index in [0.29, 0.717) is 0 Å². The molecule has 7 nitrogen and oxygen atoms in total. The molecule has 0 spiro atoms. The number of ether oxygens (including phenoxy) is 1. The second-order valence-electron chi connectivity index (χ2n) is 12.2. The van der Waals surface area contributed by atoms with E-state index >= 15 is 0 Å². The first-order chi connectivity index (χ1) is 20.1. The monoisotopic (exact) mass is 563 g/mol. The molecule has 0 bridgehead atoms. The molecule has 3 heterocycles. The Morgan fingerprint density at radius 1 is 1.10 bits per heavy atom. The van der Waals surface area contributed by atoms with Crippen LogP contribution in [0.15, 0.2) is 73.2 Å². The number of carbonyl (C=O) groups excluding carboxylic acids is 1. The number of unbranched alkanes of at least 4 members (excludes halogenated alkanes) is 1. The van der Waals surface area contributed by atoms with Gasteiger partial charge >= 0.3 is 6.09 Å². The van der Waals surface area contributed by atoms with Crippen LogP contribution in [-0.2, 0) is 11.3 Å². The first-order valence-corrected chi connectivity index (χ1v) is 14.8. The van der Waals surface area contributed by atoms with Crippen molar-refractivity contribution in [2.75, 3.05) is 6.54 Å². The largest absolute Gasteiger partial charge is 0.443 e. The van der Waals surface area contributed by atoms with Gasteiger partial charge in [-0.3, -0.25) is 0 Å². The zero-order valence-electron chi connectivity index (χ0n) is 25.5. The first kappa shape index (κ1) is 29.3. The summed E-state index contributed by atoms with van der Waals surface area (Å²) in [6.07, 6.45) is 9.56. The van der Waals surface area contributed by atoms with E-state index in [1.54, 1.807) is 15.4 Å². The van der Waals surface area contributed by atoms with Crippen LogP contribution < -0.4 is 5.32 Å². The van der Waals surface area contributed by atoms with Crippen LogP contribution in [0.5, 0.6) is 0 Å². The third-order valence-electron chi connectivity index (χ3n) is 7.22. The van der Waals surface area contributed by atoms with Gasteiger partial charge in [0.2, 0.25) is 0 Å². The van der Waals surface area contributed by atoms with Crippen LogP contribution in [0.3, 0.4) is 0 Å². The fraction of sp³-hybridized carbons (Fsp3) is 0.343. The molecule has 218 valence electrons. The highest BCUT2D eigenvalue weighted by atomic mass is 16.6. The number of nitrogens with one attached hydrogen (secondary N) is 1.